The summed E-state index contributed by atoms with van der Waals surface area (Å²) in [4.78, 5) is 0. The van der Waals surface area contributed by atoms with E-state index in [1.807, 2.05) is 30.3 Å². The van der Waals surface area contributed by atoms with Crippen LogP contribution in [0.1, 0.15) is 17.9 Å². The van der Waals surface area contributed by atoms with E-state index in [4.69, 9.17) is 4.42 Å². The minimum Gasteiger partial charge on any atom is -0.419 e. The van der Waals surface area contributed by atoms with Gasteiger partial charge in [-0.25, -0.2) is 17.5 Å². The van der Waals surface area contributed by atoms with Crippen LogP contribution < -0.4 is 4.72 Å². The van der Waals surface area contributed by atoms with E-state index in [0.29, 0.717) is 18.4 Å². The van der Waals surface area contributed by atoms with Crippen LogP contribution in [-0.4, -0.2) is 24.4 Å². The van der Waals surface area contributed by atoms with Crippen molar-refractivity contribution in [1.82, 2.24) is 14.9 Å². The lowest BCUT2D eigenvalue weighted by Gasteiger charge is -2.05. The molecular weight excluding hydrogens is 357 g/mol. The fraction of sp³-hybridized carbons (Fsp3) is 0.222. The maximum atomic E-state index is 12.9. The largest absolute Gasteiger partial charge is 0.419 e. The molecule has 0 saturated carbocycles. The van der Waals surface area contributed by atoms with Crippen molar-refractivity contribution in [3.63, 3.8) is 0 Å². The molecule has 0 aliphatic rings. The third-order valence-electron chi connectivity index (χ3n) is 3.72. The van der Waals surface area contributed by atoms with Crippen molar-refractivity contribution in [2.75, 3.05) is 5.75 Å². The van der Waals surface area contributed by atoms with Crippen LogP contribution in [0.4, 0.5) is 4.39 Å². The van der Waals surface area contributed by atoms with E-state index in [-0.39, 0.29) is 29.9 Å². The van der Waals surface area contributed by atoms with E-state index in [2.05, 4.69) is 14.9 Å². The summed E-state index contributed by atoms with van der Waals surface area (Å²) in [6.45, 7) is -0.0815. The molecule has 3 aromatic rings. The molecule has 0 unspecified atom stereocenters. The molecule has 8 heteroatoms. The molecule has 1 N–H and O–H groups in total. The monoisotopic (exact) mass is 375 g/mol. The Morgan fingerprint density at radius 3 is 2.46 bits per heavy atom. The molecule has 136 valence electrons. The van der Waals surface area contributed by atoms with E-state index in [9.17, 15) is 12.8 Å². The van der Waals surface area contributed by atoms with Crippen LogP contribution in [-0.2, 0) is 23.0 Å². The summed E-state index contributed by atoms with van der Waals surface area (Å²) in [6.07, 6.45) is 1.21. The first-order valence-electron chi connectivity index (χ1n) is 8.11. The lowest BCUT2D eigenvalue weighted by atomic mass is 10.1. The average Bonchev–Trinajstić information content (AvgIpc) is 3.11. The van der Waals surface area contributed by atoms with Crippen molar-refractivity contribution in [1.29, 1.82) is 0 Å². The fourth-order valence-corrected chi connectivity index (χ4v) is 3.40. The SMILES string of the molecule is O=S(=O)(CCCc1ccccc1)NCc1nnc(-c2ccc(F)cc2)o1. The standard InChI is InChI=1S/C18H18FN3O3S/c19-16-10-8-15(9-11-16)18-22-21-17(25-18)13-20-26(23,24)12-4-7-14-5-2-1-3-6-14/h1-3,5-6,8-11,20H,4,7,12-13H2. The second-order valence-corrected chi connectivity index (χ2v) is 7.66. The summed E-state index contributed by atoms with van der Waals surface area (Å²) in [7, 11) is -3.44. The van der Waals surface area contributed by atoms with E-state index >= 15 is 0 Å². The van der Waals surface area contributed by atoms with Gasteiger partial charge in [-0.3, -0.25) is 0 Å². The zero-order valence-corrected chi connectivity index (χ0v) is 14.7. The molecule has 1 aromatic heterocycles. The summed E-state index contributed by atoms with van der Waals surface area (Å²) >= 11 is 0. The maximum Gasteiger partial charge on any atom is 0.247 e. The van der Waals surface area contributed by atoms with Gasteiger partial charge in [0.15, 0.2) is 0 Å². The van der Waals surface area contributed by atoms with Gasteiger partial charge in [0.25, 0.3) is 0 Å². The molecule has 0 saturated heterocycles. The molecule has 0 aliphatic heterocycles. The van der Waals surface area contributed by atoms with Crippen molar-refractivity contribution in [2.45, 2.75) is 19.4 Å². The van der Waals surface area contributed by atoms with Gasteiger partial charge in [-0.15, -0.1) is 10.2 Å². The lowest BCUT2D eigenvalue weighted by Crippen LogP contribution is -2.26. The van der Waals surface area contributed by atoms with Crippen molar-refractivity contribution in [3.8, 4) is 11.5 Å². The Balaban J connectivity index is 1.50. The normalized spacial score (nSPS) is 11.6. The Morgan fingerprint density at radius 1 is 1.00 bits per heavy atom. The molecule has 0 bridgehead atoms. The number of nitrogens with one attached hydrogen (secondary N) is 1. The Hall–Kier alpha value is -2.58. The highest BCUT2D eigenvalue weighted by Crippen LogP contribution is 2.18. The molecule has 0 fully saturated rings. The molecular formula is C18H18FN3O3S. The number of nitrogens with zero attached hydrogens (tertiary/aromatic N) is 2. The van der Waals surface area contributed by atoms with Crippen LogP contribution >= 0.6 is 0 Å². The summed E-state index contributed by atoms with van der Waals surface area (Å²) in [5.41, 5.74) is 1.67. The molecule has 1 heterocycles. The zero-order valence-electron chi connectivity index (χ0n) is 13.9. The number of aryl methyl sites for hydroxylation is 1. The summed E-state index contributed by atoms with van der Waals surface area (Å²) in [6, 6.07) is 15.3. The van der Waals surface area contributed by atoms with Crippen LogP contribution in [0, 0.1) is 5.82 Å². The molecule has 0 radical (unpaired) electrons. The van der Waals surface area contributed by atoms with Gasteiger partial charge in [0.1, 0.15) is 5.82 Å². The van der Waals surface area contributed by atoms with Crippen LogP contribution in [0.25, 0.3) is 11.5 Å². The minimum absolute atomic E-state index is 0.0147. The number of benzene rings is 2. The third kappa shape index (κ3) is 5.21. The first kappa shape index (κ1) is 18.2. The number of aromatic nitrogens is 2. The first-order valence-corrected chi connectivity index (χ1v) is 9.77. The van der Waals surface area contributed by atoms with Crippen molar-refractivity contribution in [2.24, 2.45) is 0 Å². The van der Waals surface area contributed by atoms with E-state index < -0.39 is 10.0 Å². The van der Waals surface area contributed by atoms with Gasteiger partial charge in [0.05, 0.1) is 12.3 Å². The van der Waals surface area contributed by atoms with Gasteiger partial charge in [-0.2, -0.15) is 0 Å². The smallest absolute Gasteiger partial charge is 0.247 e. The Labute approximate surface area is 151 Å². The third-order valence-corrected chi connectivity index (χ3v) is 5.13. The number of rotatable bonds is 8. The molecule has 0 spiro atoms. The van der Waals surface area contributed by atoms with Gasteiger partial charge in [-0.1, -0.05) is 30.3 Å². The Morgan fingerprint density at radius 2 is 1.73 bits per heavy atom. The molecule has 0 amide bonds. The van der Waals surface area contributed by atoms with Crippen molar-refractivity contribution >= 4 is 10.0 Å². The van der Waals surface area contributed by atoms with Crippen LogP contribution in [0.5, 0.6) is 0 Å². The number of hydrogen-bond acceptors (Lipinski definition) is 5. The van der Waals surface area contributed by atoms with Crippen molar-refractivity contribution in [3.05, 3.63) is 71.9 Å². The fourth-order valence-electron chi connectivity index (χ4n) is 2.39. The molecule has 6 nitrogen and oxygen atoms in total. The topological polar surface area (TPSA) is 85.1 Å². The second kappa shape index (κ2) is 8.20. The van der Waals surface area contributed by atoms with Gasteiger partial charge in [0.2, 0.25) is 21.8 Å². The Kier molecular flexibility index (Phi) is 5.75. The summed E-state index contributed by atoms with van der Waals surface area (Å²) in [5, 5.41) is 7.65. The molecule has 3 rings (SSSR count). The van der Waals surface area contributed by atoms with Gasteiger partial charge in [-0.05, 0) is 42.7 Å². The summed E-state index contributed by atoms with van der Waals surface area (Å²) in [5.74, 6) is 0.0110. The average molecular weight is 375 g/mol. The zero-order chi connectivity index (χ0) is 18.4. The predicted molar refractivity (Wildman–Crippen MR) is 95.1 cm³/mol. The maximum absolute atomic E-state index is 12.9. The molecule has 0 atom stereocenters. The van der Waals surface area contributed by atoms with Crippen LogP contribution in [0.2, 0.25) is 0 Å². The number of hydrogen-bond donors (Lipinski definition) is 1. The van der Waals surface area contributed by atoms with Crippen molar-refractivity contribution < 1.29 is 17.2 Å². The van der Waals surface area contributed by atoms with E-state index in [1.165, 1.54) is 24.3 Å². The highest BCUT2D eigenvalue weighted by atomic mass is 32.2. The molecule has 2 aromatic carbocycles. The highest BCUT2D eigenvalue weighted by molar-refractivity contribution is 7.89. The predicted octanol–water partition coefficient (Wildman–Crippen LogP) is 2.93. The van der Waals surface area contributed by atoms with Crippen LogP contribution in [0.3, 0.4) is 0 Å². The Bertz CT molecular complexity index is 941. The quantitative estimate of drug-likeness (QED) is 0.654. The minimum atomic E-state index is -3.44. The summed E-state index contributed by atoms with van der Waals surface area (Å²) < 4.78 is 44.9. The molecule has 26 heavy (non-hydrogen) atoms. The van der Waals surface area contributed by atoms with E-state index in [0.717, 1.165) is 5.56 Å². The highest BCUT2D eigenvalue weighted by Gasteiger charge is 2.14. The van der Waals surface area contributed by atoms with Crippen LogP contribution in [0.15, 0.2) is 59.0 Å². The second-order valence-electron chi connectivity index (χ2n) is 5.74. The van der Waals surface area contributed by atoms with Gasteiger partial charge < -0.3 is 4.42 Å². The molecule has 0 aliphatic carbocycles. The van der Waals surface area contributed by atoms with Gasteiger partial charge in [0, 0.05) is 5.56 Å². The van der Waals surface area contributed by atoms with E-state index in [1.54, 1.807) is 0 Å². The number of halogens is 1. The first-order chi connectivity index (χ1) is 12.5. The number of sulfonamides is 1. The lowest BCUT2D eigenvalue weighted by molar-refractivity contribution is 0.493. The van der Waals surface area contributed by atoms with Gasteiger partial charge >= 0.3 is 0 Å².